The third-order valence-corrected chi connectivity index (χ3v) is 4.56. The molecule has 1 unspecified atom stereocenters. The molecule has 0 fully saturated rings. The molecule has 5 nitrogen and oxygen atoms in total. The van der Waals surface area contributed by atoms with Crippen molar-refractivity contribution in [2.24, 2.45) is 5.16 Å². The van der Waals surface area contributed by atoms with E-state index in [-0.39, 0.29) is 13.1 Å². The second-order valence-corrected chi connectivity index (χ2v) is 6.89. The molecule has 0 bridgehead atoms. The van der Waals surface area contributed by atoms with E-state index >= 15 is 0 Å². The normalized spacial score (nSPS) is 16.0. The van der Waals surface area contributed by atoms with Crippen molar-refractivity contribution >= 4 is 11.7 Å². The van der Waals surface area contributed by atoms with Crippen molar-refractivity contribution in [3.8, 4) is 0 Å². The van der Waals surface area contributed by atoms with Crippen molar-refractivity contribution in [2.75, 3.05) is 13.1 Å². The minimum atomic E-state index is -4.46. The molecule has 0 spiro atoms. The van der Waals surface area contributed by atoms with E-state index in [1.54, 1.807) is 19.1 Å². The van der Waals surface area contributed by atoms with Gasteiger partial charge in [0.2, 0.25) is 0 Å². The second kappa shape index (κ2) is 9.15. The summed E-state index contributed by atoms with van der Waals surface area (Å²) in [5, 5.41) is 6.64. The van der Waals surface area contributed by atoms with Crippen molar-refractivity contribution in [3.63, 3.8) is 0 Å². The van der Waals surface area contributed by atoms with Crippen LogP contribution in [0.2, 0.25) is 0 Å². The molecule has 1 atom stereocenters. The van der Waals surface area contributed by atoms with E-state index in [1.165, 1.54) is 29.2 Å². The largest absolute Gasteiger partial charge is 0.416 e. The third-order valence-electron chi connectivity index (χ3n) is 4.56. The quantitative estimate of drug-likeness (QED) is 0.692. The molecular weight excluding hydrogens is 402 g/mol. The van der Waals surface area contributed by atoms with Crippen LogP contribution in [0.15, 0.2) is 53.7 Å². The number of alkyl halides is 3. The van der Waals surface area contributed by atoms with Gasteiger partial charge in [0, 0.05) is 25.1 Å². The van der Waals surface area contributed by atoms with Crippen molar-refractivity contribution in [1.82, 2.24) is 10.2 Å². The third kappa shape index (κ3) is 5.49. The molecule has 9 heteroatoms. The van der Waals surface area contributed by atoms with Gasteiger partial charge in [-0.3, -0.25) is 0 Å². The number of urea groups is 1. The lowest BCUT2D eigenvalue weighted by atomic mass is 10.0. The van der Waals surface area contributed by atoms with Gasteiger partial charge >= 0.3 is 12.2 Å². The van der Waals surface area contributed by atoms with Gasteiger partial charge in [-0.25, -0.2) is 9.18 Å². The van der Waals surface area contributed by atoms with Gasteiger partial charge < -0.3 is 15.1 Å². The van der Waals surface area contributed by atoms with Gasteiger partial charge in [0.1, 0.15) is 5.82 Å². The first-order valence-corrected chi connectivity index (χ1v) is 9.43. The van der Waals surface area contributed by atoms with Crippen LogP contribution in [-0.4, -0.2) is 35.8 Å². The highest BCUT2D eigenvalue weighted by Gasteiger charge is 2.31. The molecule has 30 heavy (non-hydrogen) atoms. The number of amides is 2. The van der Waals surface area contributed by atoms with Crippen molar-refractivity contribution < 1.29 is 27.2 Å². The molecule has 1 aliphatic heterocycles. The first-order valence-electron chi connectivity index (χ1n) is 9.43. The minimum absolute atomic E-state index is 0.0229. The highest BCUT2D eigenvalue weighted by molar-refractivity contribution is 6.01. The van der Waals surface area contributed by atoms with E-state index in [0.717, 1.165) is 12.1 Å². The van der Waals surface area contributed by atoms with Gasteiger partial charge in [-0.15, -0.1) is 0 Å². The number of halogens is 4. The molecular formula is C21H21F4N3O2. The molecule has 2 aromatic carbocycles. The van der Waals surface area contributed by atoms with Crippen LogP contribution >= 0.6 is 0 Å². The van der Waals surface area contributed by atoms with Gasteiger partial charge in [-0.1, -0.05) is 29.4 Å². The second-order valence-electron chi connectivity index (χ2n) is 6.89. The van der Waals surface area contributed by atoms with Crippen LogP contribution in [-0.2, 0) is 17.6 Å². The number of carbonyl (C=O) groups is 1. The van der Waals surface area contributed by atoms with E-state index < -0.39 is 29.7 Å². The predicted octanol–water partition coefficient (Wildman–Crippen LogP) is 4.57. The van der Waals surface area contributed by atoms with E-state index in [2.05, 4.69) is 10.5 Å². The summed E-state index contributed by atoms with van der Waals surface area (Å²) < 4.78 is 52.4. The predicted molar refractivity (Wildman–Crippen MR) is 103 cm³/mol. The van der Waals surface area contributed by atoms with Gasteiger partial charge in [0.25, 0.3) is 0 Å². The van der Waals surface area contributed by atoms with Crippen LogP contribution in [0.4, 0.5) is 22.4 Å². The summed E-state index contributed by atoms with van der Waals surface area (Å²) >= 11 is 0. The molecule has 0 saturated heterocycles. The van der Waals surface area contributed by atoms with Crippen LogP contribution in [0.25, 0.3) is 0 Å². The summed E-state index contributed by atoms with van der Waals surface area (Å²) in [6.45, 7) is 2.21. The zero-order valence-corrected chi connectivity index (χ0v) is 16.2. The maximum atomic E-state index is 13.4. The maximum Gasteiger partial charge on any atom is 0.416 e. The molecule has 160 valence electrons. The number of oxime groups is 1. The molecule has 1 heterocycles. The fraction of sp³-hybridized carbons (Fsp3) is 0.333. The Hall–Kier alpha value is -3.10. The van der Waals surface area contributed by atoms with E-state index in [0.29, 0.717) is 29.8 Å². The topological polar surface area (TPSA) is 53.9 Å². The number of rotatable bonds is 6. The van der Waals surface area contributed by atoms with Gasteiger partial charge in [-0.2, -0.15) is 13.2 Å². The van der Waals surface area contributed by atoms with Gasteiger partial charge in [-0.05, 0) is 36.8 Å². The Labute approximate surface area is 171 Å². The number of hydrogen-bond acceptors (Lipinski definition) is 3. The summed E-state index contributed by atoms with van der Waals surface area (Å²) in [4.78, 5) is 19.2. The molecule has 0 saturated carbocycles. The summed E-state index contributed by atoms with van der Waals surface area (Å²) in [5.74, 6) is -0.396. The van der Waals surface area contributed by atoms with Crippen molar-refractivity contribution in [2.45, 2.75) is 32.2 Å². The Kier molecular flexibility index (Phi) is 6.59. The van der Waals surface area contributed by atoms with Crippen LogP contribution in [0.5, 0.6) is 0 Å². The number of carbonyl (C=O) groups excluding carboxylic acids is 1. The lowest BCUT2D eigenvalue weighted by Gasteiger charge is -2.25. The molecule has 1 N–H and O–H groups in total. The molecule has 2 aromatic rings. The molecule has 2 amide bonds. The molecule has 3 rings (SSSR count). The summed E-state index contributed by atoms with van der Waals surface area (Å²) in [6, 6.07) is 10.4. The Morgan fingerprint density at radius 1 is 1.23 bits per heavy atom. The Morgan fingerprint density at radius 2 is 2.00 bits per heavy atom. The van der Waals surface area contributed by atoms with Crippen molar-refractivity contribution in [3.05, 3.63) is 71.0 Å². The fourth-order valence-electron chi connectivity index (χ4n) is 3.16. The van der Waals surface area contributed by atoms with E-state index in [4.69, 9.17) is 4.84 Å². The van der Waals surface area contributed by atoms with Gasteiger partial charge in [0.05, 0.1) is 17.8 Å². The molecule has 0 aromatic heterocycles. The molecule has 0 radical (unpaired) electrons. The lowest BCUT2D eigenvalue weighted by molar-refractivity contribution is -0.137. The SMILES string of the molecule is CCNC(=O)N(Cc1cccc(C(F)(F)F)c1)CC1CC(c2cccc(F)c2)=NO1. The summed E-state index contributed by atoms with van der Waals surface area (Å²) in [6.07, 6.45) is -4.60. The summed E-state index contributed by atoms with van der Waals surface area (Å²) in [7, 11) is 0. The number of nitrogens with one attached hydrogen (secondary N) is 1. The van der Waals surface area contributed by atoms with E-state index in [9.17, 15) is 22.4 Å². The average molecular weight is 423 g/mol. The van der Waals surface area contributed by atoms with Crippen LogP contribution in [0.1, 0.15) is 30.0 Å². The number of nitrogens with zero attached hydrogens (tertiary/aromatic N) is 2. The van der Waals surface area contributed by atoms with Crippen molar-refractivity contribution in [1.29, 1.82) is 0 Å². The Balaban J connectivity index is 1.70. The van der Waals surface area contributed by atoms with Gasteiger partial charge in [0.15, 0.2) is 6.10 Å². The van der Waals surface area contributed by atoms with E-state index in [1.807, 2.05) is 0 Å². The zero-order chi connectivity index (χ0) is 21.7. The number of benzene rings is 2. The highest BCUT2D eigenvalue weighted by Crippen LogP contribution is 2.30. The van der Waals surface area contributed by atoms with Crippen LogP contribution in [0, 0.1) is 5.82 Å². The standard InChI is InChI=1S/C21H21F4N3O2/c1-2-26-20(29)28(12-14-5-3-7-16(9-14)21(23,24)25)13-18-11-19(27-30-18)15-6-4-8-17(22)10-15/h3-10,18H,2,11-13H2,1H3,(H,26,29). The Morgan fingerprint density at radius 3 is 2.70 bits per heavy atom. The fourth-order valence-corrected chi connectivity index (χ4v) is 3.16. The van der Waals surface area contributed by atoms with Crippen LogP contribution in [0.3, 0.4) is 0 Å². The first kappa shape index (κ1) is 21.6. The smallest absolute Gasteiger partial charge is 0.390 e. The molecule has 0 aliphatic carbocycles. The molecule has 1 aliphatic rings. The average Bonchev–Trinajstić information content (AvgIpc) is 3.16. The summed E-state index contributed by atoms with van der Waals surface area (Å²) in [5.41, 5.74) is 0.708. The Bertz CT molecular complexity index is 930. The monoisotopic (exact) mass is 423 g/mol. The zero-order valence-electron chi connectivity index (χ0n) is 16.2. The maximum absolute atomic E-state index is 13.4. The lowest BCUT2D eigenvalue weighted by Crippen LogP contribution is -2.43. The highest BCUT2D eigenvalue weighted by atomic mass is 19.4. The minimum Gasteiger partial charge on any atom is -0.390 e. The first-order chi connectivity index (χ1) is 14.3. The number of hydrogen-bond donors (Lipinski definition) is 1. The van der Waals surface area contributed by atoms with Crippen LogP contribution < -0.4 is 5.32 Å².